The molecule has 0 saturated carbocycles. The van der Waals surface area contributed by atoms with E-state index in [1.54, 1.807) is 6.07 Å². The molecule has 0 amide bonds. The summed E-state index contributed by atoms with van der Waals surface area (Å²) < 4.78 is 5.73. The van der Waals surface area contributed by atoms with E-state index in [-0.39, 0.29) is 5.75 Å². The first-order valence-electron chi connectivity index (χ1n) is 7.41. The second kappa shape index (κ2) is 6.35. The Balaban J connectivity index is 2.29. The van der Waals surface area contributed by atoms with Crippen LogP contribution in [0.3, 0.4) is 0 Å². The maximum Gasteiger partial charge on any atom is 0.169 e. The fourth-order valence-electron chi connectivity index (χ4n) is 2.61. The van der Waals surface area contributed by atoms with Crippen LogP contribution < -0.4 is 4.74 Å². The van der Waals surface area contributed by atoms with Crippen molar-refractivity contribution in [1.82, 2.24) is 0 Å². The summed E-state index contributed by atoms with van der Waals surface area (Å²) in [5.41, 5.74) is 4.10. The van der Waals surface area contributed by atoms with E-state index in [9.17, 15) is 5.11 Å². The van der Waals surface area contributed by atoms with E-state index < -0.39 is 0 Å². The minimum Gasteiger partial charge on any atom is -0.504 e. The molecule has 2 heteroatoms. The van der Waals surface area contributed by atoms with Gasteiger partial charge in [-0.3, -0.25) is 0 Å². The summed E-state index contributed by atoms with van der Waals surface area (Å²) in [5.74, 6) is 0.704. The highest BCUT2D eigenvalue weighted by molar-refractivity contribution is 5.89. The average Bonchev–Trinajstić information content (AvgIpc) is 2.58. The quantitative estimate of drug-likeness (QED) is 0.722. The molecule has 0 radical (unpaired) electrons. The predicted molar refractivity (Wildman–Crippen MR) is 90.1 cm³/mol. The highest BCUT2D eigenvalue weighted by Gasteiger charge is 2.17. The Bertz CT molecular complexity index is 749. The average molecular weight is 290 g/mol. The van der Waals surface area contributed by atoms with Gasteiger partial charge in [0.2, 0.25) is 0 Å². The molecule has 2 nitrogen and oxygen atoms in total. The minimum atomic E-state index is 0.167. The van der Waals surface area contributed by atoms with Crippen LogP contribution in [-0.2, 0) is 0 Å². The molecule has 0 heterocycles. The third-order valence-electron chi connectivity index (χ3n) is 3.57. The summed E-state index contributed by atoms with van der Waals surface area (Å²) in [6.07, 6.45) is 0. The molecule has 0 atom stereocenters. The molecule has 0 aromatic heterocycles. The van der Waals surface area contributed by atoms with E-state index in [2.05, 4.69) is 12.1 Å². The Morgan fingerprint density at radius 3 is 1.95 bits per heavy atom. The van der Waals surface area contributed by atoms with Gasteiger partial charge in [-0.1, -0.05) is 60.7 Å². The number of benzene rings is 3. The van der Waals surface area contributed by atoms with Gasteiger partial charge in [0.05, 0.1) is 6.61 Å². The number of hydrogen-bond acceptors (Lipinski definition) is 2. The highest BCUT2D eigenvalue weighted by Crippen LogP contribution is 2.44. The smallest absolute Gasteiger partial charge is 0.169 e. The van der Waals surface area contributed by atoms with Gasteiger partial charge in [-0.25, -0.2) is 0 Å². The molecule has 3 aromatic rings. The van der Waals surface area contributed by atoms with Crippen molar-refractivity contribution in [3.8, 4) is 33.8 Å². The van der Waals surface area contributed by atoms with Gasteiger partial charge in [0, 0.05) is 5.56 Å². The van der Waals surface area contributed by atoms with Crippen LogP contribution in [0.4, 0.5) is 0 Å². The number of rotatable bonds is 4. The first kappa shape index (κ1) is 14.2. The zero-order chi connectivity index (χ0) is 15.4. The standard InChI is InChI=1S/C20H18O2/c1-2-22-20-18(21)14-13-17(15-9-5-3-6-10-15)19(20)16-11-7-4-8-12-16/h3-14,21H,2H2,1H3. The molecule has 0 bridgehead atoms. The van der Waals surface area contributed by atoms with Crippen molar-refractivity contribution in [3.05, 3.63) is 72.8 Å². The van der Waals surface area contributed by atoms with Crippen LogP contribution in [0.15, 0.2) is 72.8 Å². The van der Waals surface area contributed by atoms with Gasteiger partial charge in [0.15, 0.2) is 11.5 Å². The second-order valence-corrected chi connectivity index (χ2v) is 5.00. The third-order valence-corrected chi connectivity index (χ3v) is 3.57. The zero-order valence-corrected chi connectivity index (χ0v) is 12.5. The number of phenolic OH excluding ortho intramolecular Hbond substituents is 1. The summed E-state index contributed by atoms with van der Waals surface area (Å²) in [5, 5.41) is 10.2. The predicted octanol–water partition coefficient (Wildman–Crippen LogP) is 5.12. The third kappa shape index (κ3) is 2.68. The van der Waals surface area contributed by atoms with Gasteiger partial charge in [-0.05, 0) is 35.7 Å². The maximum atomic E-state index is 10.2. The molecule has 22 heavy (non-hydrogen) atoms. The van der Waals surface area contributed by atoms with E-state index in [0.717, 1.165) is 22.3 Å². The fourth-order valence-corrected chi connectivity index (χ4v) is 2.61. The van der Waals surface area contributed by atoms with Gasteiger partial charge < -0.3 is 9.84 Å². The lowest BCUT2D eigenvalue weighted by Crippen LogP contribution is -1.97. The van der Waals surface area contributed by atoms with Gasteiger partial charge in [0.1, 0.15) is 0 Å². The van der Waals surface area contributed by atoms with E-state index in [1.807, 2.05) is 61.5 Å². The number of phenols is 1. The Morgan fingerprint density at radius 1 is 0.773 bits per heavy atom. The maximum absolute atomic E-state index is 10.2. The van der Waals surface area contributed by atoms with Gasteiger partial charge >= 0.3 is 0 Å². The Hall–Kier alpha value is -2.74. The summed E-state index contributed by atoms with van der Waals surface area (Å²) in [6.45, 7) is 2.43. The van der Waals surface area contributed by atoms with Crippen molar-refractivity contribution in [2.75, 3.05) is 6.61 Å². The van der Waals surface area contributed by atoms with Crippen molar-refractivity contribution in [2.24, 2.45) is 0 Å². The van der Waals surface area contributed by atoms with Crippen molar-refractivity contribution in [2.45, 2.75) is 6.92 Å². The number of hydrogen-bond donors (Lipinski definition) is 1. The molecule has 1 N–H and O–H groups in total. The van der Waals surface area contributed by atoms with Crippen LogP contribution in [0.25, 0.3) is 22.3 Å². The van der Waals surface area contributed by atoms with Crippen LogP contribution in [-0.4, -0.2) is 11.7 Å². The highest BCUT2D eigenvalue weighted by atomic mass is 16.5. The Morgan fingerprint density at radius 2 is 1.36 bits per heavy atom. The molecule has 0 aliphatic rings. The lowest BCUT2D eigenvalue weighted by Gasteiger charge is -2.17. The van der Waals surface area contributed by atoms with Crippen LogP contribution in [0, 0.1) is 0 Å². The summed E-state index contributed by atoms with van der Waals surface area (Å²) in [4.78, 5) is 0. The minimum absolute atomic E-state index is 0.167. The normalized spacial score (nSPS) is 10.4. The van der Waals surface area contributed by atoms with E-state index in [0.29, 0.717) is 12.4 Å². The number of aromatic hydroxyl groups is 1. The van der Waals surface area contributed by atoms with Crippen LogP contribution in [0.5, 0.6) is 11.5 Å². The zero-order valence-electron chi connectivity index (χ0n) is 12.5. The summed E-state index contributed by atoms with van der Waals surface area (Å²) in [7, 11) is 0. The van der Waals surface area contributed by atoms with E-state index in [4.69, 9.17) is 4.74 Å². The molecular formula is C20H18O2. The molecule has 0 aliphatic carbocycles. The molecule has 3 aromatic carbocycles. The molecule has 3 rings (SSSR count). The van der Waals surface area contributed by atoms with Crippen LogP contribution in [0.2, 0.25) is 0 Å². The summed E-state index contributed by atoms with van der Waals surface area (Å²) >= 11 is 0. The largest absolute Gasteiger partial charge is 0.504 e. The molecule has 0 unspecified atom stereocenters. The SMILES string of the molecule is CCOc1c(O)ccc(-c2ccccc2)c1-c1ccccc1. The van der Waals surface area contributed by atoms with Gasteiger partial charge in [-0.15, -0.1) is 0 Å². The fraction of sp³-hybridized carbons (Fsp3) is 0.100. The van der Waals surface area contributed by atoms with Crippen molar-refractivity contribution >= 4 is 0 Å². The summed E-state index contributed by atoms with van der Waals surface area (Å²) in [6, 6.07) is 23.8. The lowest BCUT2D eigenvalue weighted by molar-refractivity contribution is 0.319. The first-order valence-corrected chi connectivity index (χ1v) is 7.41. The topological polar surface area (TPSA) is 29.5 Å². The monoisotopic (exact) mass is 290 g/mol. The second-order valence-electron chi connectivity index (χ2n) is 5.00. The van der Waals surface area contributed by atoms with Crippen molar-refractivity contribution in [3.63, 3.8) is 0 Å². The van der Waals surface area contributed by atoms with Crippen LogP contribution >= 0.6 is 0 Å². The van der Waals surface area contributed by atoms with Gasteiger partial charge in [-0.2, -0.15) is 0 Å². The van der Waals surface area contributed by atoms with Crippen LogP contribution in [0.1, 0.15) is 6.92 Å². The van der Waals surface area contributed by atoms with E-state index in [1.165, 1.54) is 0 Å². The van der Waals surface area contributed by atoms with Crippen molar-refractivity contribution < 1.29 is 9.84 Å². The lowest BCUT2D eigenvalue weighted by atomic mass is 9.93. The molecular weight excluding hydrogens is 272 g/mol. The molecule has 0 spiro atoms. The number of ether oxygens (including phenoxy) is 1. The Kier molecular flexibility index (Phi) is 4.10. The first-order chi connectivity index (χ1) is 10.8. The molecule has 110 valence electrons. The van der Waals surface area contributed by atoms with Gasteiger partial charge in [0.25, 0.3) is 0 Å². The Labute approximate surface area is 130 Å². The molecule has 0 saturated heterocycles. The van der Waals surface area contributed by atoms with Crippen molar-refractivity contribution in [1.29, 1.82) is 0 Å². The van der Waals surface area contributed by atoms with E-state index >= 15 is 0 Å². The molecule has 0 fully saturated rings. The molecule has 0 aliphatic heterocycles.